The van der Waals surface area contributed by atoms with Crippen LogP contribution in [-0.2, 0) is 42.1 Å². The van der Waals surface area contributed by atoms with Crippen molar-refractivity contribution < 1.29 is 46.5 Å². The van der Waals surface area contributed by atoms with Crippen molar-refractivity contribution in [2.75, 3.05) is 0 Å². The third-order valence-corrected chi connectivity index (χ3v) is 2.99. The van der Waals surface area contributed by atoms with Gasteiger partial charge in [0.25, 0.3) is 0 Å². The van der Waals surface area contributed by atoms with E-state index in [9.17, 15) is 9.30 Å². The summed E-state index contributed by atoms with van der Waals surface area (Å²) in [5.74, 6) is -0.684. The van der Waals surface area contributed by atoms with Crippen LogP contribution in [0.25, 0.3) is 0 Å². The number of nitrogens with zero attached hydrogens (tertiary/aromatic N) is 2. The Labute approximate surface area is 153 Å². The van der Waals surface area contributed by atoms with Crippen LogP contribution < -0.4 is 0 Å². The quantitative estimate of drug-likeness (QED) is 0.277. The first-order valence-electron chi connectivity index (χ1n) is 5.18. The molecular weight excluding hydrogens is 491 g/mol. The number of nitroso groups, excluding NO2 is 1. The number of hydrogen-bond donors (Lipinski definition) is 0. The van der Waals surface area contributed by atoms with Gasteiger partial charge in [0.2, 0.25) is 0 Å². The maximum absolute atomic E-state index is 13.3. The molecule has 3 nitrogen and oxygen atoms in total. The Kier molecular flexibility index (Phi) is 8.65. The molecule has 0 saturated carbocycles. The Morgan fingerprint density at radius 3 is 2.50 bits per heavy atom. The van der Waals surface area contributed by atoms with Crippen LogP contribution >= 0.6 is 15.9 Å². The van der Waals surface area contributed by atoms with E-state index in [0.717, 1.165) is 4.47 Å². The van der Waals surface area contributed by atoms with Gasteiger partial charge in [-0.3, -0.25) is 9.37 Å². The molecule has 20 heavy (non-hydrogen) atoms. The van der Waals surface area contributed by atoms with Gasteiger partial charge in [0.05, 0.1) is 0 Å². The monoisotopic (exact) mass is 503 g/mol. The van der Waals surface area contributed by atoms with Crippen molar-refractivity contribution in [3.8, 4) is 0 Å². The smallest absolute Gasteiger partial charge is 0.157 e. The Morgan fingerprint density at radius 2 is 1.95 bits per heavy atom. The van der Waals surface area contributed by atoms with E-state index in [1.165, 1.54) is 6.07 Å². The van der Waals surface area contributed by atoms with Gasteiger partial charge in [-0.05, 0) is 17.7 Å². The predicted molar refractivity (Wildman–Crippen MR) is 70.4 cm³/mol. The zero-order valence-corrected chi connectivity index (χ0v) is 15.7. The first-order chi connectivity index (χ1) is 8.61. The minimum absolute atomic E-state index is 0. The summed E-state index contributed by atoms with van der Waals surface area (Å²) in [6.07, 6.45) is 0. The molecule has 0 saturated heterocycles. The molecule has 7 heteroatoms. The third-order valence-electron chi connectivity index (χ3n) is 2.50. The molecule has 2 rings (SSSR count). The standard InChI is InChI=1S/C13H9BrFN2O.2Mo/c1-8-5-6-11(16-13(8)15)12(17-18)9-3-2-4-10(14)7-9;;/h2-7,12H,1H2;;/q-1;;. The molecular formula is C13H9BrFMo2N2O-. The maximum Gasteiger partial charge on any atom is 0.157 e. The predicted octanol–water partition coefficient (Wildman–Crippen LogP) is 4.02. The Bertz CT molecular complexity index is 598. The molecule has 1 unspecified atom stereocenters. The van der Waals surface area contributed by atoms with Crippen LogP contribution in [-0.4, -0.2) is 4.98 Å². The molecule has 1 aromatic heterocycles. The molecule has 0 spiro atoms. The number of hydrogen-bond acceptors (Lipinski definition) is 3. The summed E-state index contributed by atoms with van der Waals surface area (Å²) in [4.78, 5) is 14.7. The number of pyridine rings is 1. The molecule has 1 atom stereocenters. The van der Waals surface area contributed by atoms with Gasteiger partial charge in [0.15, 0.2) is 6.04 Å². The summed E-state index contributed by atoms with van der Waals surface area (Å²) in [6, 6.07) is 9.32. The van der Waals surface area contributed by atoms with Gasteiger partial charge in [-0.15, -0.1) is 10.5 Å². The molecule has 0 bridgehead atoms. The van der Waals surface area contributed by atoms with Crippen molar-refractivity contribution in [2.24, 2.45) is 5.18 Å². The molecule has 0 aliphatic carbocycles. The van der Waals surface area contributed by atoms with E-state index >= 15 is 0 Å². The third kappa shape index (κ3) is 4.58. The topological polar surface area (TPSA) is 42.3 Å². The molecule has 0 N–H and O–H groups in total. The van der Waals surface area contributed by atoms with Gasteiger partial charge >= 0.3 is 0 Å². The van der Waals surface area contributed by atoms with E-state index in [4.69, 9.17) is 0 Å². The molecule has 0 fully saturated rings. The Balaban J connectivity index is 0.00000180. The summed E-state index contributed by atoms with van der Waals surface area (Å²) >= 11 is 3.31. The van der Waals surface area contributed by atoms with Crippen LogP contribution in [0.1, 0.15) is 22.9 Å². The summed E-state index contributed by atoms with van der Waals surface area (Å²) in [5, 5.41) is 3.02. The second-order valence-corrected chi connectivity index (χ2v) is 4.66. The van der Waals surface area contributed by atoms with Crippen molar-refractivity contribution in [1.29, 1.82) is 0 Å². The molecule has 1 heterocycles. The van der Waals surface area contributed by atoms with Crippen LogP contribution in [0.4, 0.5) is 4.39 Å². The van der Waals surface area contributed by atoms with E-state index in [2.05, 4.69) is 33.0 Å². The van der Waals surface area contributed by atoms with Gasteiger partial charge in [0.1, 0.15) is 5.95 Å². The van der Waals surface area contributed by atoms with Crippen LogP contribution in [0.3, 0.4) is 0 Å². The zero-order chi connectivity index (χ0) is 13.1. The zero-order valence-electron chi connectivity index (χ0n) is 10.1. The maximum atomic E-state index is 13.3. The fourth-order valence-corrected chi connectivity index (χ4v) is 2.01. The number of benzene rings is 1. The van der Waals surface area contributed by atoms with Gasteiger partial charge in [-0.2, -0.15) is 13.0 Å². The first-order valence-corrected chi connectivity index (χ1v) is 5.97. The molecule has 0 aliphatic rings. The number of halogens is 2. The van der Waals surface area contributed by atoms with E-state index in [-0.39, 0.29) is 53.4 Å². The molecule has 0 amide bonds. The van der Waals surface area contributed by atoms with E-state index in [0.29, 0.717) is 5.56 Å². The molecule has 1 aromatic carbocycles. The fraction of sp³-hybridized carbons (Fsp3) is 0.0769. The van der Waals surface area contributed by atoms with Gasteiger partial charge in [0, 0.05) is 52.3 Å². The minimum Gasteiger partial charge on any atom is -0.287 e. The SMILES string of the molecule is [CH2-]c1ccc(C(N=O)c2cccc(Br)c2)nc1F.[Mo].[Mo]. The van der Waals surface area contributed by atoms with Crippen LogP contribution in [0.2, 0.25) is 0 Å². The number of aromatic nitrogens is 1. The average Bonchev–Trinajstić information content (AvgIpc) is 2.35. The normalized spacial score (nSPS) is 10.9. The van der Waals surface area contributed by atoms with Crippen LogP contribution in [0, 0.1) is 17.8 Å². The fourth-order valence-electron chi connectivity index (χ4n) is 1.59. The molecule has 0 radical (unpaired) electrons. The number of rotatable bonds is 3. The van der Waals surface area contributed by atoms with Crippen molar-refractivity contribution in [2.45, 2.75) is 6.04 Å². The summed E-state index contributed by atoms with van der Waals surface area (Å²) < 4.78 is 14.2. The van der Waals surface area contributed by atoms with Crippen molar-refractivity contribution in [3.63, 3.8) is 0 Å². The van der Waals surface area contributed by atoms with Crippen molar-refractivity contribution in [1.82, 2.24) is 4.98 Å². The van der Waals surface area contributed by atoms with Crippen molar-refractivity contribution in [3.05, 3.63) is 75.5 Å². The summed E-state index contributed by atoms with van der Waals surface area (Å²) in [6.45, 7) is 3.48. The van der Waals surface area contributed by atoms with Crippen molar-refractivity contribution >= 4 is 15.9 Å². The second-order valence-electron chi connectivity index (χ2n) is 3.75. The second kappa shape index (κ2) is 8.81. The molecule has 2 aromatic rings. The van der Waals surface area contributed by atoms with Gasteiger partial charge in [-0.1, -0.05) is 39.3 Å². The van der Waals surface area contributed by atoms with E-state index in [1.54, 1.807) is 24.3 Å². The van der Waals surface area contributed by atoms with Crippen LogP contribution in [0.15, 0.2) is 46.0 Å². The Hall–Kier alpha value is -0.373. The van der Waals surface area contributed by atoms with Gasteiger partial charge < -0.3 is 0 Å². The first kappa shape index (κ1) is 19.6. The van der Waals surface area contributed by atoms with Crippen LogP contribution in [0.5, 0.6) is 0 Å². The Morgan fingerprint density at radius 1 is 1.25 bits per heavy atom. The van der Waals surface area contributed by atoms with E-state index in [1.807, 2.05) is 6.07 Å². The summed E-state index contributed by atoms with van der Waals surface area (Å²) in [7, 11) is 0. The average molecular weight is 500 g/mol. The largest absolute Gasteiger partial charge is 0.287 e. The molecule has 104 valence electrons. The van der Waals surface area contributed by atoms with E-state index < -0.39 is 12.0 Å². The minimum atomic E-state index is -0.822. The van der Waals surface area contributed by atoms with Gasteiger partial charge in [-0.25, -0.2) is 0 Å². The summed E-state index contributed by atoms with van der Waals surface area (Å²) in [5.41, 5.74) is 1.12. The molecule has 0 aliphatic heterocycles.